The summed E-state index contributed by atoms with van der Waals surface area (Å²) in [5.74, 6) is 1.24. The number of methoxy groups -OCH3 is 1. The molecule has 1 N–H and O–H groups in total. The second-order valence-electron chi connectivity index (χ2n) is 6.99. The lowest BCUT2D eigenvalue weighted by atomic mass is 10.1. The standard InChI is InChI=1S/C25H23N3O3S2/c1-30-21-12-7-10-19(24(21)31-15-14-18-8-3-2-4-9-18)16-26-28-23(29)17-32-25-27-20-11-5-6-13-22(20)33-25/h2-13,16H,14-15,17H2,1H3,(H,28,29)/b26-16+. The molecule has 0 aliphatic carbocycles. The molecule has 0 saturated carbocycles. The number of fused-ring (bicyclic) bond motifs is 1. The van der Waals surface area contributed by atoms with Crippen LogP contribution in [-0.2, 0) is 11.2 Å². The van der Waals surface area contributed by atoms with E-state index in [1.165, 1.54) is 17.3 Å². The predicted octanol–water partition coefficient (Wildman–Crippen LogP) is 5.17. The SMILES string of the molecule is COc1cccc(/C=N/NC(=O)CSc2nc3ccccc3s2)c1OCCc1ccccc1. The average molecular weight is 478 g/mol. The van der Waals surface area contributed by atoms with E-state index in [0.29, 0.717) is 18.1 Å². The van der Waals surface area contributed by atoms with Gasteiger partial charge >= 0.3 is 0 Å². The molecule has 0 unspecified atom stereocenters. The van der Waals surface area contributed by atoms with Crippen molar-refractivity contribution < 1.29 is 14.3 Å². The van der Waals surface area contributed by atoms with Crippen LogP contribution >= 0.6 is 23.1 Å². The normalized spacial score (nSPS) is 11.1. The number of aromatic nitrogens is 1. The van der Waals surface area contributed by atoms with E-state index in [9.17, 15) is 4.79 Å². The smallest absolute Gasteiger partial charge is 0.250 e. The van der Waals surface area contributed by atoms with Gasteiger partial charge < -0.3 is 9.47 Å². The minimum Gasteiger partial charge on any atom is -0.493 e. The van der Waals surface area contributed by atoms with Gasteiger partial charge in [-0.3, -0.25) is 4.79 Å². The minimum atomic E-state index is -0.204. The van der Waals surface area contributed by atoms with Crippen molar-refractivity contribution in [2.45, 2.75) is 10.8 Å². The number of hydrogen-bond acceptors (Lipinski definition) is 7. The third-order valence-electron chi connectivity index (χ3n) is 4.70. The molecule has 1 heterocycles. The number of carbonyl (C=O) groups is 1. The van der Waals surface area contributed by atoms with Crippen LogP contribution in [0.3, 0.4) is 0 Å². The molecular weight excluding hydrogens is 454 g/mol. The van der Waals surface area contributed by atoms with Crippen LogP contribution in [0.4, 0.5) is 0 Å². The van der Waals surface area contributed by atoms with Crippen LogP contribution < -0.4 is 14.9 Å². The Morgan fingerprint density at radius 3 is 2.73 bits per heavy atom. The first-order valence-corrected chi connectivity index (χ1v) is 12.2. The third kappa shape index (κ3) is 6.34. The zero-order chi connectivity index (χ0) is 22.9. The van der Waals surface area contributed by atoms with Crippen LogP contribution in [0, 0.1) is 0 Å². The molecule has 33 heavy (non-hydrogen) atoms. The Hall–Kier alpha value is -3.36. The quantitative estimate of drug-likeness (QED) is 0.194. The summed E-state index contributed by atoms with van der Waals surface area (Å²) in [5, 5.41) is 4.11. The lowest BCUT2D eigenvalue weighted by molar-refractivity contribution is -0.118. The molecule has 4 rings (SSSR count). The Bertz CT molecular complexity index is 1210. The zero-order valence-electron chi connectivity index (χ0n) is 18.1. The summed E-state index contributed by atoms with van der Waals surface area (Å²) in [5.41, 5.74) is 5.44. The second kappa shape index (κ2) is 11.5. The molecule has 8 heteroatoms. The van der Waals surface area contributed by atoms with E-state index in [1.807, 2.05) is 60.7 Å². The van der Waals surface area contributed by atoms with Crippen molar-refractivity contribution in [1.82, 2.24) is 10.4 Å². The maximum absolute atomic E-state index is 12.2. The highest BCUT2D eigenvalue weighted by Crippen LogP contribution is 2.30. The first-order valence-electron chi connectivity index (χ1n) is 10.4. The van der Waals surface area contributed by atoms with Crippen molar-refractivity contribution in [3.05, 3.63) is 83.9 Å². The van der Waals surface area contributed by atoms with Crippen molar-refractivity contribution in [3.63, 3.8) is 0 Å². The van der Waals surface area contributed by atoms with Crippen LogP contribution in [0.2, 0.25) is 0 Å². The number of amides is 1. The van der Waals surface area contributed by atoms with E-state index >= 15 is 0 Å². The fourth-order valence-electron chi connectivity index (χ4n) is 3.11. The summed E-state index contributed by atoms with van der Waals surface area (Å²) in [4.78, 5) is 16.8. The molecule has 3 aromatic carbocycles. The van der Waals surface area contributed by atoms with Gasteiger partial charge in [-0.2, -0.15) is 5.10 Å². The van der Waals surface area contributed by atoms with Gasteiger partial charge in [-0.25, -0.2) is 10.4 Å². The van der Waals surface area contributed by atoms with Gasteiger partial charge in [0.15, 0.2) is 15.8 Å². The van der Waals surface area contributed by atoms with Crippen molar-refractivity contribution in [1.29, 1.82) is 0 Å². The largest absolute Gasteiger partial charge is 0.493 e. The Balaban J connectivity index is 1.33. The molecule has 1 aromatic heterocycles. The number of hydrogen-bond donors (Lipinski definition) is 1. The van der Waals surface area contributed by atoms with Crippen molar-refractivity contribution >= 4 is 45.4 Å². The molecule has 0 saturated heterocycles. The maximum Gasteiger partial charge on any atom is 0.250 e. The summed E-state index contributed by atoms with van der Waals surface area (Å²) >= 11 is 2.97. The number of hydrazone groups is 1. The summed E-state index contributed by atoms with van der Waals surface area (Å²) in [6.07, 6.45) is 2.34. The van der Waals surface area contributed by atoms with E-state index in [2.05, 4.69) is 27.6 Å². The molecule has 0 aliphatic heterocycles. The number of carbonyl (C=O) groups excluding carboxylic acids is 1. The van der Waals surface area contributed by atoms with E-state index in [4.69, 9.17) is 9.47 Å². The number of benzene rings is 3. The molecule has 168 valence electrons. The van der Waals surface area contributed by atoms with Crippen LogP contribution in [0.5, 0.6) is 11.5 Å². The molecule has 4 aromatic rings. The molecule has 6 nitrogen and oxygen atoms in total. The van der Waals surface area contributed by atoms with Crippen molar-refractivity contribution in [2.24, 2.45) is 5.10 Å². The Kier molecular flexibility index (Phi) is 7.94. The number of nitrogens with one attached hydrogen (secondary N) is 1. The monoisotopic (exact) mass is 477 g/mol. The number of para-hydroxylation sites is 2. The molecule has 0 spiro atoms. The van der Waals surface area contributed by atoms with Crippen LogP contribution in [0.1, 0.15) is 11.1 Å². The zero-order valence-corrected chi connectivity index (χ0v) is 19.7. The molecule has 0 bridgehead atoms. The highest BCUT2D eigenvalue weighted by Gasteiger charge is 2.10. The number of thioether (sulfide) groups is 1. The predicted molar refractivity (Wildman–Crippen MR) is 135 cm³/mol. The fourth-order valence-corrected chi connectivity index (χ4v) is 4.97. The summed E-state index contributed by atoms with van der Waals surface area (Å²) < 4.78 is 13.4. The highest BCUT2D eigenvalue weighted by atomic mass is 32.2. The van der Waals surface area contributed by atoms with Gasteiger partial charge in [0.25, 0.3) is 5.91 Å². The van der Waals surface area contributed by atoms with Gasteiger partial charge in [-0.1, -0.05) is 60.3 Å². The first kappa shape index (κ1) is 22.8. The van der Waals surface area contributed by atoms with Crippen LogP contribution in [-0.4, -0.2) is 36.6 Å². The first-order chi connectivity index (χ1) is 16.2. The second-order valence-corrected chi connectivity index (χ2v) is 9.25. The molecular formula is C25H23N3O3S2. The van der Waals surface area contributed by atoms with Gasteiger partial charge in [0, 0.05) is 12.0 Å². The molecule has 0 fully saturated rings. The van der Waals surface area contributed by atoms with Crippen molar-refractivity contribution in [3.8, 4) is 11.5 Å². The van der Waals surface area contributed by atoms with E-state index in [1.54, 1.807) is 24.7 Å². The van der Waals surface area contributed by atoms with E-state index in [-0.39, 0.29) is 11.7 Å². The third-order valence-corrected chi connectivity index (χ3v) is 6.88. The topological polar surface area (TPSA) is 72.8 Å². The number of rotatable bonds is 10. The van der Waals surface area contributed by atoms with Gasteiger partial charge in [-0.15, -0.1) is 11.3 Å². The molecule has 0 aliphatic rings. The van der Waals surface area contributed by atoms with Gasteiger partial charge in [0.1, 0.15) is 0 Å². The lowest BCUT2D eigenvalue weighted by Gasteiger charge is -2.13. The number of nitrogens with zero attached hydrogens (tertiary/aromatic N) is 2. The number of ether oxygens (including phenoxy) is 2. The maximum atomic E-state index is 12.2. The Labute approximate surface area is 200 Å². The van der Waals surface area contributed by atoms with Crippen LogP contribution in [0.25, 0.3) is 10.2 Å². The Morgan fingerprint density at radius 1 is 1.09 bits per heavy atom. The van der Waals surface area contributed by atoms with Crippen molar-refractivity contribution in [2.75, 3.05) is 19.5 Å². The molecule has 0 radical (unpaired) electrons. The summed E-state index contributed by atoms with van der Waals surface area (Å²) in [6.45, 7) is 0.496. The van der Waals surface area contributed by atoms with E-state index < -0.39 is 0 Å². The Morgan fingerprint density at radius 2 is 1.91 bits per heavy atom. The van der Waals surface area contributed by atoms with Gasteiger partial charge in [-0.05, 0) is 29.8 Å². The van der Waals surface area contributed by atoms with E-state index in [0.717, 1.165) is 26.5 Å². The lowest BCUT2D eigenvalue weighted by Crippen LogP contribution is -2.19. The summed E-state index contributed by atoms with van der Waals surface area (Å²) in [6, 6.07) is 23.6. The fraction of sp³-hybridized carbons (Fsp3) is 0.160. The average Bonchev–Trinajstić information content (AvgIpc) is 3.27. The number of thiazole rings is 1. The van der Waals surface area contributed by atoms with Gasteiger partial charge in [0.05, 0.1) is 35.9 Å². The molecule has 0 atom stereocenters. The van der Waals surface area contributed by atoms with Gasteiger partial charge in [0.2, 0.25) is 0 Å². The molecule has 1 amide bonds. The minimum absolute atomic E-state index is 0.204. The van der Waals surface area contributed by atoms with Crippen LogP contribution in [0.15, 0.2) is 82.2 Å². The summed E-state index contributed by atoms with van der Waals surface area (Å²) in [7, 11) is 1.60. The highest BCUT2D eigenvalue weighted by molar-refractivity contribution is 8.01.